The van der Waals surface area contributed by atoms with Gasteiger partial charge in [0.25, 0.3) is 0 Å². The van der Waals surface area contributed by atoms with E-state index in [9.17, 15) is 9.90 Å². The molecule has 138 valence electrons. The summed E-state index contributed by atoms with van der Waals surface area (Å²) in [4.78, 5) is 14.8. The van der Waals surface area contributed by atoms with E-state index in [2.05, 4.69) is 4.90 Å². The van der Waals surface area contributed by atoms with Crippen LogP contribution in [-0.2, 0) is 4.79 Å². The van der Waals surface area contributed by atoms with E-state index in [1.165, 1.54) is 24.2 Å². The third-order valence-electron chi connectivity index (χ3n) is 4.40. The van der Waals surface area contributed by atoms with E-state index < -0.39 is 5.97 Å². The molecule has 0 unspecified atom stereocenters. The molecule has 5 nitrogen and oxygen atoms in total. The first-order valence-corrected chi connectivity index (χ1v) is 9.58. The topological polar surface area (TPSA) is 59.0 Å². The third-order valence-corrected chi connectivity index (χ3v) is 5.30. The molecule has 0 spiro atoms. The Bertz CT molecular complexity index is 764. The second-order valence-corrected chi connectivity index (χ2v) is 7.06. The van der Waals surface area contributed by atoms with Gasteiger partial charge in [0.1, 0.15) is 6.61 Å². The van der Waals surface area contributed by atoms with Crippen LogP contribution in [0.2, 0.25) is 0 Å². The standard InChI is InChI=1S/C20H23NO4S/c1-24-17-7-4-6-15(14-16(20(22)23)18-8-5-13-26-18)19(17)25-12-11-21-9-2-3-10-21/h4-8,13-14H,2-3,9-12H2,1H3,(H,22,23)/b16-14-. The Hall–Kier alpha value is -2.31. The summed E-state index contributed by atoms with van der Waals surface area (Å²) < 4.78 is 11.4. The van der Waals surface area contributed by atoms with E-state index in [0.29, 0.717) is 28.5 Å². The van der Waals surface area contributed by atoms with Crippen LogP contribution in [-0.4, -0.2) is 49.3 Å². The number of carboxylic acids is 1. The SMILES string of the molecule is COc1cccc(/C=C(\C(=O)O)c2cccs2)c1OCCN1CCCC1. The maximum absolute atomic E-state index is 11.7. The lowest BCUT2D eigenvalue weighted by Gasteiger charge is -2.17. The molecule has 1 saturated heterocycles. The molecule has 26 heavy (non-hydrogen) atoms. The van der Waals surface area contributed by atoms with Gasteiger partial charge in [-0.3, -0.25) is 4.90 Å². The summed E-state index contributed by atoms with van der Waals surface area (Å²) in [5.74, 6) is 0.235. The zero-order valence-corrected chi connectivity index (χ0v) is 15.6. The fraction of sp³-hybridized carbons (Fsp3) is 0.350. The van der Waals surface area contributed by atoms with Crippen LogP contribution in [0.15, 0.2) is 35.7 Å². The van der Waals surface area contributed by atoms with Crippen molar-refractivity contribution in [1.29, 1.82) is 0 Å². The number of aliphatic carboxylic acids is 1. The Labute approximate surface area is 157 Å². The van der Waals surface area contributed by atoms with Crippen molar-refractivity contribution in [2.75, 3.05) is 33.4 Å². The molecule has 0 radical (unpaired) electrons. The molecular weight excluding hydrogens is 350 g/mol. The van der Waals surface area contributed by atoms with Crippen molar-refractivity contribution in [3.05, 3.63) is 46.2 Å². The lowest BCUT2D eigenvalue weighted by molar-refractivity contribution is -0.130. The summed E-state index contributed by atoms with van der Waals surface area (Å²) in [5, 5.41) is 11.5. The van der Waals surface area contributed by atoms with Gasteiger partial charge in [-0.2, -0.15) is 0 Å². The minimum atomic E-state index is -0.960. The number of thiophene rings is 1. The fourth-order valence-electron chi connectivity index (χ4n) is 3.07. The number of carbonyl (C=O) groups is 1. The molecule has 1 aromatic heterocycles. The summed E-state index contributed by atoms with van der Waals surface area (Å²) in [6, 6.07) is 9.17. The number of carboxylic acid groups (broad SMARTS) is 1. The average Bonchev–Trinajstić information content (AvgIpc) is 3.34. The molecular formula is C20H23NO4S. The highest BCUT2D eigenvalue weighted by Crippen LogP contribution is 2.34. The maximum atomic E-state index is 11.7. The Kier molecular flexibility index (Phi) is 6.30. The second-order valence-electron chi connectivity index (χ2n) is 6.12. The number of rotatable bonds is 8. The highest BCUT2D eigenvalue weighted by molar-refractivity contribution is 7.11. The van der Waals surface area contributed by atoms with Gasteiger partial charge in [0.15, 0.2) is 11.5 Å². The number of hydrogen-bond acceptors (Lipinski definition) is 5. The van der Waals surface area contributed by atoms with Gasteiger partial charge in [-0.15, -0.1) is 11.3 Å². The van der Waals surface area contributed by atoms with Gasteiger partial charge in [0.05, 0.1) is 12.7 Å². The molecule has 1 fully saturated rings. The van der Waals surface area contributed by atoms with Crippen molar-refractivity contribution in [3.63, 3.8) is 0 Å². The molecule has 1 aliphatic heterocycles. The molecule has 0 aliphatic carbocycles. The second kappa shape index (κ2) is 8.87. The van der Waals surface area contributed by atoms with E-state index in [1.807, 2.05) is 29.6 Å². The zero-order valence-electron chi connectivity index (χ0n) is 14.8. The largest absolute Gasteiger partial charge is 0.493 e. The number of methoxy groups -OCH3 is 1. The lowest BCUT2D eigenvalue weighted by atomic mass is 10.1. The van der Waals surface area contributed by atoms with Crippen LogP contribution in [0.4, 0.5) is 0 Å². The Morgan fingerprint density at radius 2 is 2.08 bits per heavy atom. The number of likely N-dealkylation sites (tertiary alicyclic amines) is 1. The summed E-state index contributed by atoms with van der Waals surface area (Å²) in [6.45, 7) is 3.63. The molecule has 2 heterocycles. The number of nitrogens with zero attached hydrogens (tertiary/aromatic N) is 1. The molecule has 0 amide bonds. The highest BCUT2D eigenvalue weighted by atomic mass is 32.1. The van der Waals surface area contributed by atoms with Crippen molar-refractivity contribution >= 4 is 29.0 Å². The highest BCUT2D eigenvalue weighted by Gasteiger charge is 2.16. The predicted molar refractivity (Wildman–Crippen MR) is 104 cm³/mol. The van der Waals surface area contributed by atoms with Gasteiger partial charge >= 0.3 is 5.97 Å². The molecule has 6 heteroatoms. The quantitative estimate of drug-likeness (QED) is 0.712. The average molecular weight is 373 g/mol. The third kappa shape index (κ3) is 4.45. The van der Waals surface area contributed by atoms with Crippen molar-refractivity contribution in [1.82, 2.24) is 4.90 Å². The molecule has 2 aromatic rings. The van der Waals surface area contributed by atoms with Gasteiger partial charge in [0, 0.05) is 17.0 Å². The van der Waals surface area contributed by atoms with E-state index in [0.717, 1.165) is 19.6 Å². The Morgan fingerprint density at radius 3 is 2.73 bits per heavy atom. The Morgan fingerprint density at radius 1 is 1.27 bits per heavy atom. The summed E-state index contributed by atoms with van der Waals surface area (Å²) in [7, 11) is 1.59. The summed E-state index contributed by atoms with van der Waals surface area (Å²) in [6.07, 6.45) is 4.14. The minimum Gasteiger partial charge on any atom is -0.493 e. The number of ether oxygens (including phenoxy) is 2. The molecule has 0 saturated carbocycles. The number of para-hydroxylation sites is 1. The molecule has 3 rings (SSSR count). The van der Waals surface area contributed by atoms with Gasteiger partial charge in [0.2, 0.25) is 0 Å². The summed E-state index contributed by atoms with van der Waals surface area (Å²) in [5.41, 5.74) is 0.953. The first-order valence-electron chi connectivity index (χ1n) is 8.70. The minimum absolute atomic E-state index is 0.248. The zero-order chi connectivity index (χ0) is 18.4. The van der Waals surface area contributed by atoms with Crippen LogP contribution >= 0.6 is 11.3 Å². The van der Waals surface area contributed by atoms with Crippen molar-refractivity contribution in [3.8, 4) is 11.5 Å². The van der Waals surface area contributed by atoms with E-state index in [1.54, 1.807) is 19.3 Å². The van der Waals surface area contributed by atoms with E-state index >= 15 is 0 Å². The van der Waals surface area contributed by atoms with Crippen LogP contribution in [0.25, 0.3) is 11.6 Å². The molecule has 0 bridgehead atoms. The van der Waals surface area contributed by atoms with Crippen LogP contribution in [0.3, 0.4) is 0 Å². The molecule has 1 aromatic carbocycles. The monoisotopic (exact) mass is 373 g/mol. The van der Waals surface area contributed by atoms with Crippen LogP contribution in [0.5, 0.6) is 11.5 Å². The van der Waals surface area contributed by atoms with Crippen LogP contribution in [0.1, 0.15) is 23.3 Å². The fourth-order valence-corrected chi connectivity index (χ4v) is 3.80. The van der Waals surface area contributed by atoms with Gasteiger partial charge in [-0.1, -0.05) is 18.2 Å². The lowest BCUT2D eigenvalue weighted by Crippen LogP contribution is -2.25. The molecule has 0 atom stereocenters. The van der Waals surface area contributed by atoms with Crippen LogP contribution < -0.4 is 9.47 Å². The van der Waals surface area contributed by atoms with Crippen molar-refractivity contribution in [2.45, 2.75) is 12.8 Å². The molecule has 1 N–H and O–H groups in total. The Balaban J connectivity index is 1.85. The number of hydrogen-bond donors (Lipinski definition) is 1. The van der Waals surface area contributed by atoms with E-state index in [4.69, 9.17) is 9.47 Å². The smallest absolute Gasteiger partial charge is 0.337 e. The summed E-state index contributed by atoms with van der Waals surface area (Å²) >= 11 is 1.40. The first-order chi connectivity index (χ1) is 12.7. The van der Waals surface area contributed by atoms with E-state index in [-0.39, 0.29) is 5.57 Å². The number of benzene rings is 1. The van der Waals surface area contributed by atoms with Gasteiger partial charge in [-0.05, 0) is 49.5 Å². The maximum Gasteiger partial charge on any atom is 0.337 e. The van der Waals surface area contributed by atoms with Crippen LogP contribution in [0, 0.1) is 0 Å². The molecule has 1 aliphatic rings. The van der Waals surface area contributed by atoms with Crippen molar-refractivity contribution in [2.24, 2.45) is 0 Å². The van der Waals surface area contributed by atoms with Gasteiger partial charge in [-0.25, -0.2) is 4.79 Å². The van der Waals surface area contributed by atoms with Crippen molar-refractivity contribution < 1.29 is 19.4 Å². The van der Waals surface area contributed by atoms with Gasteiger partial charge < -0.3 is 14.6 Å². The predicted octanol–water partition coefficient (Wildman–Crippen LogP) is 3.86. The normalized spacial score (nSPS) is 15.2. The first kappa shape index (κ1) is 18.5.